The predicted octanol–water partition coefficient (Wildman–Crippen LogP) is 2.08. The number of ether oxygens (including phenoxy) is 1. The number of nitrogens with zero attached hydrogens (tertiary/aromatic N) is 1. The van der Waals surface area contributed by atoms with Crippen molar-refractivity contribution in [1.29, 1.82) is 0 Å². The molecule has 5 heteroatoms. The molecule has 2 aliphatic rings. The van der Waals surface area contributed by atoms with Gasteiger partial charge in [0.05, 0.1) is 0 Å². The minimum atomic E-state index is -2.36. The van der Waals surface area contributed by atoms with E-state index in [-0.39, 0.29) is 0 Å². The van der Waals surface area contributed by atoms with Crippen molar-refractivity contribution in [2.24, 2.45) is 5.92 Å². The van der Waals surface area contributed by atoms with Crippen LogP contribution >= 0.6 is 0 Å². The van der Waals surface area contributed by atoms with Crippen LogP contribution in [0.15, 0.2) is 0 Å². The second kappa shape index (κ2) is 5.80. The van der Waals surface area contributed by atoms with Crippen molar-refractivity contribution in [2.75, 3.05) is 26.2 Å². The molecule has 1 unspecified atom stereocenters. The summed E-state index contributed by atoms with van der Waals surface area (Å²) in [7, 11) is 0. The van der Waals surface area contributed by atoms with Crippen LogP contribution in [0.5, 0.6) is 0 Å². The van der Waals surface area contributed by atoms with Gasteiger partial charge < -0.3 is 9.64 Å². The third-order valence-electron chi connectivity index (χ3n) is 3.82. The lowest BCUT2D eigenvalue weighted by Crippen LogP contribution is -2.61. The molecule has 0 aromatic carbocycles. The number of piperidine rings is 1. The molecule has 2 aliphatic heterocycles. The van der Waals surface area contributed by atoms with Crippen LogP contribution in [0.4, 0.5) is 8.78 Å². The van der Waals surface area contributed by atoms with Gasteiger partial charge in [-0.05, 0) is 12.3 Å². The Morgan fingerprint density at radius 2 is 2.00 bits per heavy atom. The number of nitrogens with one attached hydrogen (secondary N) is 1. The second-order valence-electron chi connectivity index (χ2n) is 5.89. The van der Waals surface area contributed by atoms with Crippen LogP contribution in [0.3, 0.4) is 0 Å². The van der Waals surface area contributed by atoms with Gasteiger partial charge in [-0.2, -0.15) is 0 Å². The van der Waals surface area contributed by atoms with Gasteiger partial charge in [0.25, 0.3) is 6.43 Å². The summed E-state index contributed by atoms with van der Waals surface area (Å²) in [6.07, 6.45) is -1.22. The highest BCUT2D eigenvalue weighted by Crippen LogP contribution is 2.30. The largest absolute Gasteiger partial charge is 0.351 e. The van der Waals surface area contributed by atoms with Crippen molar-refractivity contribution in [3.05, 3.63) is 0 Å². The molecule has 2 heterocycles. The third-order valence-corrected chi connectivity index (χ3v) is 3.82. The van der Waals surface area contributed by atoms with Crippen LogP contribution < -0.4 is 5.32 Å². The molecule has 0 aliphatic carbocycles. The van der Waals surface area contributed by atoms with Gasteiger partial charge in [-0.25, -0.2) is 8.78 Å². The molecule has 0 saturated carbocycles. The zero-order valence-electron chi connectivity index (χ0n) is 11.3. The molecule has 2 rings (SSSR count). The summed E-state index contributed by atoms with van der Waals surface area (Å²) in [5, 5.41) is 3.31. The zero-order chi connectivity index (χ0) is 13.2. The third kappa shape index (κ3) is 3.39. The van der Waals surface area contributed by atoms with Crippen LogP contribution in [-0.2, 0) is 4.74 Å². The molecule has 0 radical (unpaired) electrons. The van der Waals surface area contributed by atoms with Gasteiger partial charge in [0.2, 0.25) is 0 Å². The van der Waals surface area contributed by atoms with E-state index >= 15 is 0 Å². The first-order valence-corrected chi connectivity index (χ1v) is 6.94. The first-order chi connectivity index (χ1) is 8.51. The summed E-state index contributed by atoms with van der Waals surface area (Å²) >= 11 is 0. The number of hydrogen-bond acceptors (Lipinski definition) is 3. The van der Waals surface area contributed by atoms with Crippen LogP contribution in [0.1, 0.15) is 33.1 Å². The van der Waals surface area contributed by atoms with E-state index in [1.165, 1.54) is 0 Å². The van der Waals surface area contributed by atoms with Gasteiger partial charge in [0.1, 0.15) is 11.8 Å². The van der Waals surface area contributed by atoms with Crippen LogP contribution in [-0.4, -0.2) is 49.3 Å². The molecule has 1 atom stereocenters. The van der Waals surface area contributed by atoms with E-state index in [1.807, 2.05) is 0 Å². The van der Waals surface area contributed by atoms with Crippen LogP contribution in [0.25, 0.3) is 0 Å². The molecule has 1 spiro atoms. The lowest BCUT2D eigenvalue weighted by molar-refractivity contribution is -0.201. The summed E-state index contributed by atoms with van der Waals surface area (Å²) in [4.78, 5) is 2.40. The number of halogens is 2. The highest BCUT2D eigenvalue weighted by atomic mass is 19.3. The highest BCUT2D eigenvalue weighted by Gasteiger charge is 2.42. The van der Waals surface area contributed by atoms with Crippen molar-refractivity contribution >= 4 is 0 Å². The van der Waals surface area contributed by atoms with Gasteiger partial charge in [0.15, 0.2) is 0 Å². The van der Waals surface area contributed by atoms with Gasteiger partial charge >= 0.3 is 0 Å². The molecule has 0 aromatic rings. The molecule has 18 heavy (non-hydrogen) atoms. The van der Waals surface area contributed by atoms with Crippen molar-refractivity contribution in [2.45, 2.75) is 51.4 Å². The van der Waals surface area contributed by atoms with Gasteiger partial charge in [-0.3, -0.25) is 5.32 Å². The zero-order valence-corrected chi connectivity index (χ0v) is 11.3. The maximum absolute atomic E-state index is 12.7. The van der Waals surface area contributed by atoms with E-state index in [9.17, 15) is 8.78 Å². The lowest BCUT2D eigenvalue weighted by atomic mass is 9.96. The molecule has 0 amide bonds. The van der Waals surface area contributed by atoms with E-state index in [1.54, 1.807) is 0 Å². The lowest BCUT2D eigenvalue weighted by Gasteiger charge is -2.47. The van der Waals surface area contributed by atoms with Crippen molar-refractivity contribution in [3.8, 4) is 0 Å². The molecule has 0 aromatic heterocycles. The quantitative estimate of drug-likeness (QED) is 0.843. The molecule has 106 valence electrons. The SMILES string of the molecule is CC(C)CN1CCC2(CC1)NCCC(C(F)F)O2. The summed E-state index contributed by atoms with van der Waals surface area (Å²) in [6.45, 7) is 7.98. The Morgan fingerprint density at radius 1 is 1.33 bits per heavy atom. The summed E-state index contributed by atoms with van der Waals surface area (Å²) in [5.41, 5.74) is -0.493. The Morgan fingerprint density at radius 3 is 2.56 bits per heavy atom. The highest BCUT2D eigenvalue weighted by molar-refractivity contribution is 4.90. The molecule has 2 saturated heterocycles. The van der Waals surface area contributed by atoms with E-state index in [2.05, 4.69) is 24.1 Å². The Hall–Kier alpha value is -0.260. The number of hydrogen-bond donors (Lipinski definition) is 1. The Kier molecular flexibility index (Phi) is 4.56. The molecular weight excluding hydrogens is 238 g/mol. The van der Waals surface area contributed by atoms with E-state index < -0.39 is 18.3 Å². The minimum Gasteiger partial charge on any atom is -0.351 e. The van der Waals surface area contributed by atoms with Crippen molar-refractivity contribution < 1.29 is 13.5 Å². The number of alkyl halides is 2. The summed E-state index contributed by atoms with van der Waals surface area (Å²) < 4.78 is 31.1. The normalized spacial score (nSPS) is 29.3. The Balaban J connectivity index is 1.87. The first kappa shape index (κ1) is 14.2. The summed E-state index contributed by atoms with van der Waals surface area (Å²) in [5.74, 6) is 0.646. The molecule has 0 bridgehead atoms. The molecule has 2 fully saturated rings. The minimum absolute atomic E-state index is 0.412. The molecule has 3 nitrogen and oxygen atoms in total. The van der Waals surface area contributed by atoms with E-state index in [0.717, 1.165) is 32.5 Å². The second-order valence-corrected chi connectivity index (χ2v) is 5.89. The number of likely N-dealkylation sites (tertiary alicyclic amines) is 1. The maximum Gasteiger partial charge on any atom is 0.264 e. The average molecular weight is 262 g/mol. The number of rotatable bonds is 3. The Bertz CT molecular complexity index is 266. The standard InChI is InChI=1S/C13H24F2N2O/c1-10(2)9-17-7-4-13(5-8-17)16-6-3-11(18-13)12(14)15/h10-12,16H,3-9H2,1-2H3. The van der Waals surface area contributed by atoms with E-state index in [0.29, 0.717) is 18.9 Å². The van der Waals surface area contributed by atoms with Gasteiger partial charge in [-0.15, -0.1) is 0 Å². The average Bonchev–Trinajstić information content (AvgIpc) is 2.32. The fourth-order valence-electron chi connectivity index (χ4n) is 2.92. The first-order valence-electron chi connectivity index (χ1n) is 6.94. The fraction of sp³-hybridized carbons (Fsp3) is 1.00. The summed E-state index contributed by atoms with van der Waals surface area (Å²) in [6, 6.07) is 0. The molecular formula is C13H24F2N2O. The van der Waals surface area contributed by atoms with Crippen LogP contribution in [0.2, 0.25) is 0 Å². The fourth-order valence-corrected chi connectivity index (χ4v) is 2.92. The van der Waals surface area contributed by atoms with Crippen molar-refractivity contribution in [1.82, 2.24) is 10.2 Å². The van der Waals surface area contributed by atoms with Gasteiger partial charge in [0, 0.05) is 39.0 Å². The maximum atomic E-state index is 12.7. The molecule has 1 N–H and O–H groups in total. The van der Waals surface area contributed by atoms with E-state index in [4.69, 9.17) is 4.74 Å². The monoisotopic (exact) mass is 262 g/mol. The van der Waals surface area contributed by atoms with Gasteiger partial charge in [-0.1, -0.05) is 13.8 Å². The van der Waals surface area contributed by atoms with Crippen molar-refractivity contribution in [3.63, 3.8) is 0 Å². The van der Waals surface area contributed by atoms with Crippen LogP contribution in [0, 0.1) is 5.92 Å². The smallest absolute Gasteiger partial charge is 0.264 e. The Labute approximate surface area is 108 Å². The topological polar surface area (TPSA) is 24.5 Å². The predicted molar refractivity (Wildman–Crippen MR) is 66.7 cm³/mol.